The molecule has 0 amide bonds. The maximum Gasteiger partial charge on any atom is 0.128 e. The summed E-state index contributed by atoms with van der Waals surface area (Å²) < 4.78 is 0. The number of pyridine rings is 1. The lowest BCUT2D eigenvalue weighted by atomic mass is 10.2. The summed E-state index contributed by atoms with van der Waals surface area (Å²) in [5.74, 6) is 1.05. The molecule has 0 radical (unpaired) electrons. The molecule has 0 aliphatic carbocycles. The Balaban J connectivity index is 1.48. The van der Waals surface area contributed by atoms with Gasteiger partial charge in [-0.1, -0.05) is 42.5 Å². The topological polar surface area (TPSA) is 31.7 Å². The molecule has 0 bridgehead atoms. The monoisotopic (exact) mass is 292 g/mol. The lowest BCUT2D eigenvalue weighted by Crippen LogP contribution is -2.44. The lowest BCUT2D eigenvalue weighted by molar-refractivity contribution is 0.271. The van der Waals surface area contributed by atoms with Gasteiger partial charge >= 0.3 is 0 Å². The Labute approximate surface area is 131 Å². The molecular formula is C18H20N4. The van der Waals surface area contributed by atoms with Gasteiger partial charge < -0.3 is 4.90 Å². The standard InChI is InChI=1S/C18H20N4/c1-2-7-17(8-3-1)9-6-12-20-22-15-13-21(14-16-22)18-10-4-5-11-19-18/h1-12H,13-16H2. The van der Waals surface area contributed by atoms with E-state index in [1.807, 2.05) is 48.8 Å². The van der Waals surface area contributed by atoms with Crippen molar-refractivity contribution in [2.75, 3.05) is 31.1 Å². The van der Waals surface area contributed by atoms with Crippen LogP contribution in [0.3, 0.4) is 0 Å². The predicted molar refractivity (Wildman–Crippen MR) is 92.0 cm³/mol. The van der Waals surface area contributed by atoms with E-state index in [4.69, 9.17) is 0 Å². The molecule has 0 spiro atoms. The van der Waals surface area contributed by atoms with Crippen molar-refractivity contribution in [3.05, 3.63) is 66.4 Å². The van der Waals surface area contributed by atoms with Crippen molar-refractivity contribution < 1.29 is 0 Å². The fourth-order valence-corrected chi connectivity index (χ4v) is 2.43. The Kier molecular flexibility index (Phi) is 4.82. The number of allylic oxidation sites excluding steroid dienone is 1. The largest absolute Gasteiger partial charge is 0.353 e. The molecule has 1 fully saturated rings. The first-order valence-electron chi connectivity index (χ1n) is 7.58. The Morgan fingerprint density at radius 1 is 0.909 bits per heavy atom. The summed E-state index contributed by atoms with van der Waals surface area (Å²) in [5.41, 5.74) is 1.19. The molecule has 1 aliphatic heterocycles. The minimum absolute atomic E-state index is 0.923. The van der Waals surface area contributed by atoms with Gasteiger partial charge in [0.15, 0.2) is 0 Å². The number of anilines is 1. The molecule has 4 nitrogen and oxygen atoms in total. The second kappa shape index (κ2) is 7.41. The summed E-state index contributed by atoms with van der Waals surface area (Å²) in [6.45, 7) is 3.76. The quantitative estimate of drug-likeness (QED) is 0.812. The van der Waals surface area contributed by atoms with E-state index in [2.05, 4.69) is 44.3 Å². The highest BCUT2D eigenvalue weighted by molar-refractivity contribution is 5.77. The van der Waals surface area contributed by atoms with E-state index in [9.17, 15) is 0 Å². The lowest BCUT2D eigenvalue weighted by Gasteiger charge is -2.33. The van der Waals surface area contributed by atoms with Gasteiger partial charge in [0.25, 0.3) is 0 Å². The molecule has 22 heavy (non-hydrogen) atoms. The van der Waals surface area contributed by atoms with Gasteiger partial charge in [0.05, 0.1) is 13.1 Å². The van der Waals surface area contributed by atoms with Gasteiger partial charge in [0, 0.05) is 25.5 Å². The number of benzene rings is 1. The van der Waals surface area contributed by atoms with Crippen molar-refractivity contribution in [1.82, 2.24) is 9.99 Å². The van der Waals surface area contributed by atoms with E-state index in [-0.39, 0.29) is 0 Å². The molecule has 1 aromatic heterocycles. The highest BCUT2D eigenvalue weighted by Crippen LogP contribution is 2.12. The van der Waals surface area contributed by atoms with E-state index in [0.717, 1.165) is 32.0 Å². The summed E-state index contributed by atoms with van der Waals surface area (Å²) in [5, 5.41) is 6.61. The fourth-order valence-electron chi connectivity index (χ4n) is 2.43. The van der Waals surface area contributed by atoms with Crippen LogP contribution in [-0.2, 0) is 0 Å². The summed E-state index contributed by atoms with van der Waals surface area (Å²) in [4.78, 5) is 6.69. The zero-order chi connectivity index (χ0) is 15.0. The zero-order valence-electron chi connectivity index (χ0n) is 12.5. The van der Waals surface area contributed by atoms with E-state index < -0.39 is 0 Å². The van der Waals surface area contributed by atoms with Crippen LogP contribution in [0.2, 0.25) is 0 Å². The Hall–Kier alpha value is -2.62. The van der Waals surface area contributed by atoms with E-state index >= 15 is 0 Å². The molecule has 0 unspecified atom stereocenters. The normalized spacial score (nSPS) is 15.8. The number of hydrazone groups is 1. The van der Waals surface area contributed by atoms with Gasteiger partial charge in [0.2, 0.25) is 0 Å². The highest BCUT2D eigenvalue weighted by Gasteiger charge is 2.15. The average Bonchev–Trinajstić information content (AvgIpc) is 2.61. The van der Waals surface area contributed by atoms with Crippen molar-refractivity contribution in [3.8, 4) is 0 Å². The maximum atomic E-state index is 4.50. The molecule has 112 valence electrons. The second-order valence-electron chi connectivity index (χ2n) is 5.16. The van der Waals surface area contributed by atoms with Crippen LogP contribution < -0.4 is 4.90 Å². The van der Waals surface area contributed by atoms with Gasteiger partial charge in [-0.2, -0.15) is 5.10 Å². The Morgan fingerprint density at radius 3 is 2.41 bits per heavy atom. The molecule has 0 atom stereocenters. The van der Waals surface area contributed by atoms with E-state index in [1.165, 1.54) is 5.56 Å². The maximum absolute atomic E-state index is 4.50. The Bertz CT molecular complexity index is 614. The van der Waals surface area contributed by atoms with Crippen LogP contribution in [0, 0.1) is 0 Å². The summed E-state index contributed by atoms with van der Waals surface area (Å²) in [6.07, 6.45) is 7.76. The molecule has 4 heteroatoms. The van der Waals surface area contributed by atoms with Gasteiger partial charge in [-0.05, 0) is 23.8 Å². The van der Waals surface area contributed by atoms with Crippen LogP contribution in [0.4, 0.5) is 5.82 Å². The van der Waals surface area contributed by atoms with Gasteiger partial charge in [0.1, 0.15) is 5.82 Å². The minimum Gasteiger partial charge on any atom is -0.353 e. The SMILES string of the molecule is C(=Cc1ccccc1)C=NN1CCN(c2ccccn2)CC1. The van der Waals surface area contributed by atoms with Crippen LogP contribution in [0.15, 0.2) is 65.9 Å². The number of rotatable bonds is 4. The van der Waals surface area contributed by atoms with Crippen LogP contribution in [-0.4, -0.2) is 42.4 Å². The highest BCUT2D eigenvalue weighted by atomic mass is 15.5. The molecular weight excluding hydrogens is 272 g/mol. The summed E-state index contributed by atoms with van der Waals surface area (Å²) in [6, 6.07) is 16.3. The van der Waals surface area contributed by atoms with Crippen molar-refractivity contribution in [2.45, 2.75) is 0 Å². The van der Waals surface area contributed by atoms with E-state index in [0.29, 0.717) is 0 Å². The third-order valence-electron chi connectivity index (χ3n) is 3.63. The molecule has 1 aliphatic rings. The minimum atomic E-state index is 0.923. The van der Waals surface area contributed by atoms with Crippen molar-refractivity contribution >= 4 is 18.1 Å². The molecule has 0 saturated carbocycles. The number of aromatic nitrogens is 1. The third kappa shape index (κ3) is 3.95. The number of hydrogen-bond acceptors (Lipinski definition) is 4. The second-order valence-corrected chi connectivity index (χ2v) is 5.16. The third-order valence-corrected chi connectivity index (χ3v) is 3.63. The number of nitrogens with zero attached hydrogens (tertiary/aromatic N) is 4. The molecule has 1 aromatic carbocycles. The number of piperazine rings is 1. The van der Waals surface area contributed by atoms with Crippen molar-refractivity contribution in [2.24, 2.45) is 5.10 Å². The first-order chi connectivity index (χ1) is 10.9. The smallest absolute Gasteiger partial charge is 0.128 e. The van der Waals surface area contributed by atoms with Gasteiger partial charge in [-0.3, -0.25) is 5.01 Å². The van der Waals surface area contributed by atoms with Gasteiger partial charge in [-0.15, -0.1) is 0 Å². The van der Waals surface area contributed by atoms with Gasteiger partial charge in [-0.25, -0.2) is 4.98 Å². The molecule has 3 rings (SSSR count). The van der Waals surface area contributed by atoms with Crippen LogP contribution in [0.25, 0.3) is 6.08 Å². The molecule has 0 N–H and O–H groups in total. The number of hydrogen-bond donors (Lipinski definition) is 0. The Morgan fingerprint density at radius 2 is 1.68 bits per heavy atom. The zero-order valence-corrected chi connectivity index (χ0v) is 12.5. The van der Waals surface area contributed by atoms with Crippen LogP contribution in [0.1, 0.15) is 5.56 Å². The first-order valence-corrected chi connectivity index (χ1v) is 7.58. The predicted octanol–water partition coefficient (Wildman–Crippen LogP) is 2.90. The summed E-state index contributed by atoms with van der Waals surface area (Å²) in [7, 11) is 0. The molecule has 2 heterocycles. The average molecular weight is 292 g/mol. The van der Waals surface area contributed by atoms with Crippen LogP contribution in [0.5, 0.6) is 0 Å². The summed E-state index contributed by atoms with van der Waals surface area (Å²) >= 11 is 0. The molecule has 1 saturated heterocycles. The van der Waals surface area contributed by atoms with Crippen LogP contribution >= 0.6 is 0 Å². The first kappa shape index (κ1) is 14.3. The van der Waals surface area contributed by atoms with Crippen molar-refractivity contribution in [1.29, 1.82) is 0 Å². The molecule has 2 aromatic rings. The van der Waals surface area contributed by atoms with E-state index in [1.54, 1.807) is 0 Å². The van der Waals surface area contributed by atoms with Crippen molar-refractivity contribution in [3.63, 3.8) is 0 Å². The fraction of sp³-hybridized carbons (Fsp3) is 0.222.